The van der Waals surface area contributed by atoms with E-state index in [2.05, 4.69) is 36.6 Å². The van der Waals surface area contributed by atoms with Crippen molar-refractivity contribution in [2.45, 2.75) is 58.0 Å². The van der Waals surface area contributed by atoms with Crippen LogP contribution in [0.5, 0.6) is 0 Å². The molecular formula is C14H22N2S2. The van der Waals surface area contributed by atoms with Crippen molar-refractivity contribution in [3.8, 4) is 0 Å². The average molecular weight is 282 g/mol. The summed E-state index contributed by atoms with van der Waals surface area (Å²) in [6, 6.07) is 5.39. The fourth-order valence-corrected chi connectivity index (χ4v) is 3.86. The lowest BCUT2D eigenvalue weighted by Crippen LogP contribution is -2.44. The molecule has 1 aromatic heterocycles. The van der Waals surface area contributed by atoms with Crippen molar-refractivity contribution in [1.29, 1.82) is 0 Å². The number of thiophene rings is 1. The molecule has 2 N–H and O–H groups in total. The Morgan fingerprint density at radius 2 is 2.17 bits per heavy atom. The Kier molecular flexibility index (Phi) is 5.01. The lowest BCUT2D eigenvalue weighted by Gasteiger charge is -2.19. The van der Waals surface area contributed by atoms with Crippen LogP contribution in [0.2, 0.25) is 0 Å². The molecule has 1 aliphatic rings. The predicted molar refractivity (Wildman–Crippen MR) is 83.3 cm³/mol. The Bertz CT molecular complexity index is 394. The largest absolute Gasteiger partial charge is 0.360 e. The Morgan fingerprint density at radius 3 is 2.78 bits per heavy atom. The minimum absolute atomic E-state index is 0.393. The molecule has 1 fully saturated rings. The molecule has 1 unspecified atom stereocenters. The highest BCUT2D eigenvalue weighted by Crippen LogP contribution is 2.18. The van der Waals surface area contributed by atoms with E-state index >= 15 is 0 Å². The molecule has 0 spiro atoms. The van der Waals surface area contributed by atoms with Gasteiger partial charge < -0.3 is 10.6 Å². The van der Waals surface area contributed by atoms with Crippen LogP contribution in [-0.2, 0) is 6.42 Å². The van der Waals surface area contributed by atoms with Gasteiger partial charge >= 0.3 is 0 Å². The third-order valence-corrected chi connectivity index (χ3v) is 4.63. The maximum Gasteiger partial charge on any atom is 0.166 e. The van der Waals surface area contributed by atoms with E-state index < -0.39 is 0 Å². The van der Waals surface area contributed by atoms with Gasteiger partial charge in [0.25, 0.3) is 0 Å². The van der Waals surface area contributed by atoms with Crippen molar-refractivity contribution in [3.63, 3.8) is 0 Å². The van der Waals surface area contributed by atoms with Crippen molar-refractivity contribution in [2.75, 3.05) is 0 Å². The first-order chi connectivity index (χ1) is 8.63. The Balaban J connectivity index is 1.72. The molecule has 18 heavy (non-hydrogen) atoms. The van der Waals surface area contributed by atoms with Gasteiger partial charge in [-0.15, -0.1) is 11.3 Å². The first-order valence-corrected chi connectivity index (χ1v) is 7.98. The molecule has 0 saturated heterocycles. The molecule has 0 radical (unpaired) electrons. The lowest BCUT2D eigenvalue weighted by molar-refractivity contribution is 0.596. The van der Waals surface area contributed by atoms with Crippen LogP contribution in [0.25, 0.3) is 0 Å². The second-order valence-electron chi connectivity index (χ2n) is 5.22. The topological polar surface area (TPSA) is 24.1 Å². The van der Waals surface area contributed by atoms with E-state index in [-0.39, 0.29) is 0 Å². The molecular weight excluding hydrogens is 260 g/mol. The van der Waals surface area contributed by atoms with Gasteiger partial charge in [-0.25, -0.2) is 0 Å². The zero-order valence-corrected chi connectivity index (χ0v) is 12.8. The molecule has 0 amide bonds. The summed E-state index contributed by atoms with van der Waals surface area (Å²) in [7, 11) is 0. The van der Waals surface area contributed by atoms with E-state index in [9.17, 15) is 0 Å². The first-order valence-electron chi connectivity index (χ1n) is 6.76. The highest BCUT2D eigenvalue weighted by Gasteiger charge is 2.16. The summed E-state index contributed by atoms with van der Waals surface area (Å²) in [5.41, 5.74) is 0. The highest BCUT2D eigenvalue weighted by atomic mass is 32.1. The summed E-state index contributed by atoms with van der Waals surface area (Å²) in [6.07, 6.45) is 6.25. The van der Waals surface area contributed by atoms with Crippen LogP contribution in [-0.4, -0.2) is 17.2 Å². The van der Waals surface area contributed by atoms with Gasteiger partial charge in [0.05, 0.1) is 0 Å². The van der Waals surface area contributed by atoms with Crippen LogP contribution in [0.1, 0.15) is 42.4 Å². The van der Waals surface area contributed by atoms with Crippen molar-refractivity contribution in [2.24, 2.45) is 0 Å². The monoisotopic (exact) mass is 282 g/mol. The zero-order valence-electron chi connectivity index (χ0n) is 11.2. The van der Waals surface area contributed by atoms with E-state index in [0.717, 1.165) is 11.5 Å². The van der Waals surface area contributed by atoms with E-state index in [1.165, 1.54) is 35.4 Å². The fourth-order valence-electron chi connectivity index (χ4n) is 2.47. The van der Waals surface area contributed by atoms with E-state index in [1.807, 2.05) is 11.3 Å². The zero-order chi connectivity index (χ0) is 13.0. The third-order valence-electron chi connectivity index (χ3n) is 3.37. The smallest absolute Gasteiger partial charge is 0.166 e. The second kappa shape index (κ2) is 6.53. The molecule has 0 bridgehead atoms. The van der Waals surface area contributed by atoms with Gasteiger partial charge in [0.2, 0.25) is 0 Å². The van der Waals surface area contributed by atoms with Crippen molar-refractivity contribution in [1.82, 2.24) is 10.6 Å². The van der Waals surface area contributed by atoms with Crippen LogP contribution in [0.15, 0.2) is 12.1 Å². The van der Waals surface area contributed by atoms with Crippen molar-refractivity contribution < 1.29 is 0 Å². The van der Waals surface area contributed by atoms with Gasteiger partial charge in [-0.2, -0.15) is 0 Å². The molecule has 4 heteroatoms. The fraction of sp³-hybridized carbons (Fsp3) is 0.643. The molecule has 2 rings (SSSR count). The minimum Gasteiger partial charge on any atom is -0.360 e. The van der Waals surface area contributed by atoms with Gasteiger partial charge in [-0.1, -0.05) is 12.8 Å². The molecule has 1 heterocycles. The Morgan fingerprint density at radius 1 is 1.44 bits per heavy atom. The molecule has 2 nitrogen and oxygen atoms in total. The highest BCUT2D eigenvalue weighted by molar-refractivity contribution is 7.80. The van der Waals surface area contributed by atoms with Gasteiger partial charge in [0.1, 0.15) is 0 Å². The van der Waals surface area contributed by atoms with Crippen LogP contribution in [0, 0.1) is 6.92 Å². The average Bonchev–Trinajstić information content (AvgIpc) is 2.90. The van der Waals surface area contributed by atoms with Crippen LogP contribution < -0.4 is 10.6 Å². The predicted octanol–water partition coefficient (Wildman–Crippen LogP) is 3.39. The third kappa shape index (κ3) is 4.25. The summed E-state index contributed by atoms with van der Waals surface area (Å²) < 4.78 is 0. The van der Waals surface area contributed by atoms with Crippen molar-refractivity contribution >= 4 is 28.7 Å². The van der Waals surface area contributed by atoms with Gasteiger partial charge in [0.15, 0.2) is 5.11 Å². The molecule has 1 aliphatic carbocycles. The first kappa shape index (κ1) is 13.8. The number of nitrogens with one attached hydrogen (secondary N) is 2. The van der Waals surface area contributed by atoms with Crippen LogP contribution in [0.4, 0.5) is 0 Å². The van der Waals surface area contributed by atoms with Gasteiger partial charge in [-0.3, -0.25) is 0 Å². The summed E-state index contributed by atoms with van der Waals surface area (Å²) in [6.45, 7) is 4.34. The maximum atomic E-state index is 5.37. The van der Waals surface area contributed by atoms with Crippen LogP contribution >= 0.6 is 23.6 Å². The lowest BCUT2D eigenvalue weighted by atomic mass is 10.2. The number of hydrogen-bond donors (Lipinski definition) is 2. The summed E-state index contributed by atoms with van der Waals surface area (Å²) in [5.74, 6) is 0. The number of aryl methyl sites for hydroxylation is 1. The number of hydrogen-bond acceptors (Lipinski definition) is 2. The SMILES string of the molecule is Cc1ccc(CC(C)NC(=S)NC2CCCC2)s1. The molecule has 100 valence electrons. The molecule has 0 aliphatic heterocycles. The number of rotatable bonds is 4. The minimum atomic E-state index is 0.393. The van der Waals surface area contributed by atoms with E-state index in [1.54, 1.807) is 0 Å². The van der Waals surface area contributed by atoms with E-state index in [4.69, 9.17) is 12.2 Å². The Hall–Kier alpha value is -0.610. The van der Waals surface area contributed by atoms with Crippen LogP contribution in [0.3, 0.4) is 0 Å². The Labute approximate surface area is 119 Å². The summed E-state index contributed by atoms with van der Waals surface area (Å²) in [5, 5.41) is 7.64. The molecule has 1 aromatic rings. The standard InChI is InChI=1S/C14H22N2S2/c1-10(9-13-8-7-11(2)18-13)15-14(17)16-12-5-3-4-6-12/h7-8,10,12H,3-6,9H2,1-2H3,(H2,15,16,17). The van der Waals surface area contributed by atoms with Gasteiger partial charge in [-0.05, 0) is 51.0 Å². The van der Waals surface area contributed by atoms with Gasteiger partial charge in [0, 0.05) is 28.3 Å². The summed E-state index contributed by atoms with van der Waals surface area (Å²) >= 11 is 7.24. The second-order valence-corrected chi connectivity index (χ2v) is 7.00. The number of thiocarbonyl (C=S) groups is 1. The molecule has 1 saturated carbocycles. The molecule has 1 atom stereocenters. The normalized spacial score (nSPS) is 17.7. The van der Waals surface area contributed by atoms with Crippen molar-refractivity contribution in [3.05, 3.63) is 21.9 Å². The van der Waals surface area contributed by atoms with E-state index in [0.29, 0.717) is 12.1 Å². The quantitative estimate of drug-likeness (QED) is 0.828. The summed E-state index contributed by atoms with van der Waals surface area (Å²) in [4.78, 5) is 2.81. The maximum absolute atomic E-state index is 5.37. The molecule has 0 aromatic carbocycles.